The summed E-state index contributed by atoms with van der Waals surface area (Å²) in [5, 5.41) is 13.5. The van der Waals surface area contributed by atoms with Gasteiger partial charge in [-0.25, -0.2) is 10.4 Å². The maximum atomic E-state index is 12.3. The molecule has 0 fully saturated rings. The summed E-state index contributed by atoms with van der Waals surface area (Å²) >= 11 is 0. The molecule has 1 heterocycles. The van der Waals surface area contributed by atoms with Gasteiger partial charge in [-0.3, -0.25) is 9.78 Å². The molecule has 146 valence electrons. The minimum atomic E-state index is -0.532. The van der Waals surface area contributed by atoms with Gasteiger partial charge in [0.15, 0.2) is 0 Å². The fourth-order valence-electron chi connectivity index (χ4n) is 2.61. The van der Waals surface area contributed by atoms with Crippen LogP contribution in [-0.2, 0) is 0 Å². The van der Waals surface area contributed by atoms with Crippen molar-refractivity contribution in [2.45, 2.75) is 26.4 Å². The molecule has 0 aliphatic carbocycles. The fraction of sp³-hybridized carbons (Fsp3) is 0.182. The predicted molar refractivity (Wildman–Crippen MR) is 113 cm³/mol. The van der Waals surface area contributed by atoms with Gasteiger partial charge in [0.25, 0.3) is 5.56 Å². The second kappa shape index (κ2) is 8.40. The number of rotatable bonds is 5. The fourth-order valence-corrected chi connectivity index (χ4v) is 2.61. The molecular formula is C22H21N5O2. The highest BCUT2D eigenvalue weighted by atomic mass is 16.5. The number of aromatic nitrogens is 2. The van der Waals surface area contributed by atoms with Gasteiger partial charge in [-0.2, -0.15) is 10.4 Å². The third-order valence-electron chi connectivity index (χ3n) is 3.79. The van der Waals surface area contributed by atoms with E-state index in [1.54, 1.807) is 18.3 Å². The molecule has 0 saturated carbocycles. The standard InChI is InChI=1S/C22H21N5O2/c1-22(2,3)29-18-12-8-7-11-16(18)14-24-27-21-25-19(15-9-5-4-6-10-15)17(13-23)20(28)26-21/h4-12,14H,1-3H3,(H2,25,26,27,28). The van der Waals surface area contributed by atoms with Crippen molar-refractivity contribution in [3.63, 3.8) is 0 Å². The van der Waals surface area contributed by atoms with Gasteiger partial charge in [0.1, 0.15) is 23.0 Å². The largest absolute Gasteiger partial charge is 0.487 e. The number of anilines is 1. The van der Waals surface area contributed by atoms with E-state index in [9.17, 15) is 10.1 Å². The molecule has 0 amide bonds. The number of H-pyrrole nitrogens is 1. The van der Waals surface area contributed by atoms with Crippen LogP contribution in [0.25, 0.3) is 11.3 Å². The predicted octanol–water partition coefficient (Wildman–Crippen LogP) is 3.93. The van der Waals surface area contributed by atoms with Gasteiger partial charge in [-0.05, 0) is 32.9 Å². The molecule has 2 N–H and O–H groups in total. The van der Waals surface area contributed by atoms with E-state index in [1.165, 1.54) is 0 Å². The van der Waals surface area contributed by atoms with E-state index in [0.29, 0.717) is 17.0 Å². The molecule has 2 aromatic carbocycles. The van der Waals surface area contributed by atoms with Crippen LogP contribution in [0.15, 0.2) is 64.5 Å². The van der Waals surface area contributed by atoms with E-state index in [1.807, 2.05) is 69.3 Å². The zero-order valence-corrected chi connectivity index (χ0v) is 16.4. The van der Waals surface area contributed by atoms with E-state index in [0.717, 1.165) is 5.56 Å². The van der Waals surface area contributed by atoms with Crippen LogP contribution in [0.2, 0.25) is 0 Å². The van der Waals surface area contributed by atoms with Crippen molar-refractivity contribution >= 4 is 12.2 Å². The van der Waals surface area contributed by atoms with Crippen molar-refractivity contribution in [1.82, 2.24) is 9.97 Å². The minimum absolute atomic E-state index is 0.0466. The van der Waals surface area contributed by atoms with Crippen LogP contribution in [0, 0.1) is 11.3 Å². The molecule has 0 saturated heterocycles. The Morgan fingerprint density at radius 1 is 1.14 bits per heavy atom. The Hall–Kier alpha value is -3.92. The molecule has 7 nitrogen and oxygen atoms in total. The van der Waals surface area contributed by atoms with E-state index >= 15 is 0 Å². The number of aromatic amines is 1. The highest BCUT2D eigenvalue weighted by Crippen LogP contribution is 2.22. The molecule has 7 heteroatoms. The van der Waals surface area contributed by atoms with Crippen molar-refractivity contribution in [2.75, 3.05) is 5.43 Å². The average Bonchev–Trinajstić information content (AvgIpc) is 2.68. The van der Waals surface area contributed by atoms with Crippen LogP contribution in [0.4, 0.5) is 5.95 Å². The first-order chi connectivity index (χ1) is 13.9. The summed E-state index contributed by atoms with van der Waals surface area (Å²) in [6, 6.07) is 18.5. The van der Waals surface area contributed by atoms with Crippen molar-refractivity contribution in [3.8, 4) is 23.1 Å². The van der Waals surface area contributed by atoms with Gasteiger partial charge in [0, 0.05) is 11.1 Å². The molecule has 0 unspecified atom stereocenters. The number of nitrogens with one attached hydrogen (secondary N) is 2. The zero-order chi connectivity index (χ0) is 20.9. The first-order valence-electron chi connectivity index (χ1n) is 9.04. The summed E-state index contributed by atoms with van der Waals surface area (Å²) in [4.78, 5) is 19.2. The highest BCUT2D eigenvalue weighted by Gasteiger charge is 2.14. The molecule has 3 aromatic rings. The topological polar surface area (TPSA) is 103 Å². The van der Waals surface area contributed by atoms with Gasteiger partial charge < -0.3 is 4.74 Å². The lowest BCUT2D eigenvalue weighted by Gasteiger charge is -2.22. The van der Waals surface area contributed by atoms with Crippen LogP contribution in [0.5, 0.6) is 5.75 Å². The lowest BCUT2D eigenvalue weighted by atomic mass is 10.1. The number of nitriles is 1. The van der Waals surface area contributed by atoms with Gasteiger partial charge >= 0.3 is 0 Å². The SMILES string of the molecule is CC(C)(C)Oc1ccccc1C=NNc1nc(-c2ccccc2)c(C#N)c(=O)[nH]1. The van der Waals surface area contributed by atoms with E-state index < -0.39 is 5.56 Å². The van der Waals surface area contributed by atoms with Gasteiger partial charge in [0.05, 0.1) is 11.9 Å². The number of hydrazone groups is 1. The summed E-state index contributed by atoms with van der Waals surface area (Å²) in [5.41, 5.74) is 3.54. The third kappa shape index (κ3) is 5.08. The Bertz CT molecular complexity index is 1120. The van der Waals surface area contributed by atoms with Gasteiger partial charge in [0.2, 0.25) is 5.95 Å². The molecule has 0 radical (unpaired) electrons. The number of nitrogens with zero attached hydrogens (tertiary/aromatic N) is 3. The first kappa shape index (κ1) is 19.8. The molecule has 0 bridgehead atoms. The lowest BCUT2D eigenvalue weighted by molar-refractivity contribution is 0.130. The van der Waals surface area contributed by atoms with Crippen molar-refractivity contribution in [1.29, 1.82) is 5.26 Å². The summed E-state index contributed by atoms with van der Waals surface area (Å²) in [6.45, 7) is 5.90. The number of ether oxygens (including phenoxy) is 1. The van der Waals surface area contributed by atoms with E-state index in [-0.39, 0.29) is 17.1 Å². The van der Waals surface area contributed by atoms with Crippen molar-refractivity contribution < 1.29 is 4.74 Å². The number of benzene rings is 2. The van der Waals surface area contributed by atoms with E-state index in [4.69, 9.17) is 4.74 Å². The Morgan fingerprint density at radius 2 is 1.83 bits per heavy atom. The summed E-state index contributed by atoms with van der Waals surface area (Å²) in [6.07, 6.45) is 1.58. The van der Waals surface area contributed by atoms with Crippen LogP contribution in [-0.4, -0.2) is 21.8 Å². The van der Waals surface area contributed by atoms with Crippen LogP contribution in [0.3, 0.4) is 0 Å². The second-order valence-electron chi connectivity index (χ2n) is 7.24. The normalized spacial score (nSPS) is 11.2. The second-order valence-corrected chi connectivity index (χ2v) is 7.24. The van der Waals surface area contributed by atoms with Crippen molar-refractivity contribution in [3.05, 3.63) is 76.1 Å². The lowest BCUT2D eigenvalue weighted by Crippen LogP contribution is -2.23. The minimum Gasteiger partial charge on any atom is -0.487 e. The Kier molecular flexibility index (Phi) is 5.74. The van der Waals surface area contributed by atoms with Crippen LogP contribution in [0.1, 0.15) is 31.9 Å². The monoisotopic (exact) mass is 387 g/mol. The number of para-hydroxylation sites is 1. The Morgan fingerprint density at radius 3 is 2.52 bits per heavy atom. The molecule has 1 aromatic heterocycles. The quantitative estimate of drug-likeness (QED) is 0.510. The van der Waals surface area contributed by atoms with Crippen LogP contribution < -0.4 is 15.7 Å². The van der Waals surface area contributed by atoms with Gasteiger partial charge in [-0.1, -0.05) is 42.5 Å². The molecule has 0 spiro atoms. The molecule has 3 rings (SSSR count). The van der Waals surface area contributed by atoms with Crippen molar-refractivity contribution in [2.24, 2.45) is 5.10 Å². The smallest absolute Gasteiger partial charge is 0.270 e. The number of hydrogen-bond donors (Lipinski definition) is 2. The summed E-state index contributed by atoms with van der Waals surface area (Å²) < 4.78 is 5.93. The van der Waals surface area contributed by atoms with Crippen LogP contribution >= 0.6 is 0 Å². The first-order valence-corrected chi connectivity index (χ1v) is 9.04. The average molecular weight is 387 g/mol. The maximum Gasteiger partial charge on any atom is 0.270 e. The third-order valence-corrected chi connectivity index (χ3v) is 3.79. The number of hydrogen-bond acceptors (Lipinski definition) is 6. The molecule has 0 aliphatic rings. The van der Waals surface area contributed by atoms with E-state index in [2.05, 4.69) is 20.5 Å². The molecule has 0 aliphatic heterocycles. The Balaban J connectivity index is 1.88. The Labute approximate surface area is 168 Å². The highest BCUT2D eigenvalue weighted by molar-refractivity contribution is 5.84. The summed E-state index contributed by atoms with van der Waals surface area (Å²) in [5.74, 6) is 0.829. The van der Waals surface area contributed by atoms with Gasteiger partial charge in [-0.15, -0.1) is 0 Å². The molecule has 0 atom stereocenters. The molecular weight excluding hydrogens is 366 g/mol. The maximum absolute atomic E-state index is 12.3. The molecule has 29 heavy (non-hydrogen) atoms. The zero-order valence-electron chi connectivity index (χ0n) is 16.4. The summed E-state index contributed by atoms with van der Waals surface area (Å²) in [7, 11) is 0.